The number of nitrogens with zero attached hydrogens (tertiary/aromatic N) is 2. The molecule has 1 aromatic heterocycles. The van der Waals surface area contributed by atoms with Crippen molar-refractivity contribution < 1.29 is 9.26 Å². The summed E-state index contributed by atoms with van der Waals surface area (Å²) >= 11 is 0. The van der Waals surface area contributed by atoms with E-state index in [1.807, 2.05) is 13.8 Å². The average molecular weight is 227 g/mol. The van der Waals surface area contributed by atoms with Crippen molar-refractivity contribution in [2.75, 3.05) is 13.2 Å². The second kappa shape index (κ2) is 7.35. The molecule has 0 spiro atoms. The van der Waals surface area contributed by atoms with E-state index in [9.17, 15) is 0 Å². The quantitative estimate of drug-likeness (QED) is 0.678. The molecule has 0 aliphatic carbocycles. The maximum atomic E-state index is 5.66. The van der Waals surface area contributed by atoms with Crippen LogP contribution < -0.4 is 5.73 Å². The number of ether oxygens (including phenoxy) is 1. The fourth-order valence-corrected chi connectivity index (χ4v) is 1.38. The molecule has 0 radical (unpaired) electrons. The van der Waals surface area contributed by atoms with E-state index in [1.165, 1.54) is 0 Å². The summed E-state index contributed by atoms with van der Waals surface area (Å²) in [7, 11) is 0. The first-order valence-corrected chi connectivity index (χ1v) is 5.87. The van der Waals surface area contributed by atoms with E-state index in [-0.39, 0.29) is 6.04 Å². The van der Waals surface area contributed by atoms with Crippen LogP contribution in [-0.2, 0) is 17.6 Å². The minimum atomic E-state index is 0.236. The van der Waals surface area contributed by atoms with Gasteiger partial charge in [0.2, 0.25) is 5.89 Å². The summed E-state index contributed by atoms with van der Waals surface area (Å²) in [6, 6.07) is 0.236. The number of hydrogen-bond acceptors (Lipinski definition) is 5. The van der Waals surface area contributed by atoms with Crippen LogP contribution in [0.3, 0.4) is 0 Å². The highest BCUT2D eigenvalue weighted by Crippen LogP contribution is 2.04. The largest absolute Gasteiger partial charge is 0.381 e. The predicted molar refractivity (Wildman–Crippen MR) is 61.1 cm³/mol. The summed E-state index contributed by atoms with van der Waals surface area (Å²) in [5.74, 6) is 1.43. The van der Waals surface area contributed by atoms with Crippen LogP contribution in [0.4, 0.5) is 0 Å². The molecule has 0 amide bonds. The Morgan fingerprint density at radius 1 is 1.44 bits per heavy atom. The zero-order valence-corrected chi connectivity index (χ0v) is 10.1. The number of aryl methyl sites for hydroxylation is 1. The van der Waals surface area contributed by atoms with Gasteiger partial charge < -0.3 is 15.0 Å². The van der Waals surface area contributed by atoms with E-state index in [1.54, 1.807) is 0 Å². The van der Waals surface area contributed by atoms with E-state index >= 15 is 0 Å². The standard InChI is InChI=1S/C11H21N3O2/c1-3-15-8-7-10-13-11(16-14-10)6-4-5-9(2)12/h9H,3-8,12H2,1-2H3. The van der Waals surface area contributed by atoms with Gasteiger partial charge in [0, 0.05) is 25.5 Å². The highest BCUT2D eigenvalue weighted by atomic mass is 16.5. The van der Waals surface area contributed by atoms with Crippen molar-refractivity contribution in [3.8, 4) is 0 Å². The molecule has 0 saturated heterocycles. The molecule has 1 unspecified atom stereocenters. The third-order valence-corrected chi connectivity index (χ3v) is 2.23. The zero-order chi connectivity index (χ0) is 11.8. The molecule has 0 bridgehead atoms. The topological polar surface area (TPSA) is 74.2 Å². The zero-order valence-electron chi connectivity index (χ0n) is 10.1. The molecule has 5 nitrogen and oxygen atoms in total. The number of nitrogens with two attached hydrogens (primary N) is 1. The van der Waals surface area contributed by atoms with Crippen LogP contribution in [0, 0.1) is 0 Å². The molecular weight excluding hydrogens is 206 g/mol. The molecule has 0 fully saturated rings. The fraction of sp³-hybridized carbons (Fsp3) is 0.818. The van der Waals surface area contributed by atoms with Gasteiger partial charge in [0.05, 0.1) is 6.61 Å². The van der Waals surface area contributed by atoms with E-state index < -0.39 is 0 Å². The summed E-state index contributed by atoms with van der Waals surface area (Å²) < 4.78 is 10.3. The second-order valence-corrected chi connectivity index (χ2v) is 3.92. The third kappa shape index (κ3) is 5.23. The maximum absolute atomic E-state index is 5.66. The SMILES string of the molecule is CCOCCc1noc(CCCC(C)N)n1. The first-order valence-electron chi connectivity index (χ1n) is 5.87. The van der Waals surface area contributed by atoms with Crippen LogP contribution in [0.2, 0.25) is 0 Å². The van der Waals surface area contributed by atoms with Crippen molar-refractivity contribution in [2.24, 2.45) is 5.73 Å². The Bertz CT molecular complexity index is 287. The van der Waals surface area contributed by atoms with Crippen molar-refractivity contribution in [2.45, 2.75) is 45.6 Å². The van der Waals surface area contributed by atoms with Gasteiger partial charge in [-0.05, 0) is 26.7 Å². The van der Waals surface area contributed by atoms with Crippen molar-refractivity contribution in [3.63, 3.8) is 0 Å². The summed E-state index contributed by atoms with van der Waals surface area (Å²) in [4.78, 5) is 4.28. The monoisotopic (exact) mass is 227 g/mol. The lowest BCUT2D eigenvalue weighted by Gasteiger charge is -2.00. The molecule has 92 valence electrons. The van der Waals surface area contributed by atoms with E-state index in [0.717, 1.165) is 31.7 Å². The lowest BCUT2D eigenvalue weighted by atomic mass is 10.1. The van der Waals surface area contributed by atoms with E-state index in [0.29, 0.717) is 18.9 Å². The third-order valence-electron chi connectivity index (χ3n) is 2.23. The number of aromatic nitrogens is 2. The molecule has 16 heavy (non-hydrogen) atoms. The Labute approximate surface area is 96.4 Å². The molecule has 1 atom stereocenters. The molecule has 0 aromatic carbocycles. The molecule has 5 heteroatoms. The van der Waals surface area contributed by atoms with Gasteiger partial charge in [0.25, 0.3) is 0 Å². The van der Waals surface area contributed by atoms with Gasteiger partial charge in [-0.15, -0.1) is 0 Å². The van der Waals surface area contributed by atoms with Gasteiger partial charge in [0.1, 0.15) is 0 Å². The van der Waals surface area contributed by atoms with Crippen LogP contribution in [-0.4, -0.2) is 29.4 Å². The van der Waals surface area contributed by atoms with Gasteiger partial charge in [-0.25, -0.2) is 0 Å². The first-order chi connectivity index (χ1) is 7.72. The van der Waals surface area contributed by atoms with Gasteiger partial charge in [-0.1, -0.05) is 5.16 Å². The lowest BCUT2D eigenvalue weighted by Crippen LogP contribution is -2.14. The second-order valence-electron chi connectivity index (χ2n) is 3.92. The number of rotatable bonds is 8. The van der Waals surface area contributed by atoms with Gasteiger partial charge in [-0.2, -0.15) is 4.98 Å². The smallest absolute Gasteiger partial charge is 0.226 e. The predicted octanol–water partition coefficient (Wildman–Crippen LogP) is 1.32. The maximum Gasteiger partial charge on any atom is 0.226 e. The summed E-state index contributed by atoms with van der Waals surface area (Å²) in [6.45, 7) is 5.34. The van der Waals surface area contributed by atoms with Crippen molar-refractivity contribution in [1.29, 1.82) is 0 Å². The average Bonchev–Trinajstić information content (AvgIpc) is 2.66. The summed E-state index contributed by atoms with van der Waals surface area (Å²) in [5.41, 5.74) is 5.66. The summed E-state index contributed by atoms with van der Waals surface area (Å²) in [6.07, 6.45) is 3.50. The minimum absolute atomic E-state index is 0.236. The molecule has 0 aliphatic rings. The normalized spacial score (nSPS) is 12.9. The van der Waals surface area contributed by atoms with Crippen LogP contribution in [0.5, 0.6) is 0 Å². The molecule has 0 aliphatic heterocycles. The molecule has 1 heterocycles. The minimum Gasteiger partial charge on any atom is -0.381 e. The molecule has 1 aromatic rings. The van der Waals surface area contributed by atoms with Crippen molar-refractivity contribution in [1.82, 2.24) is 10.1 Å². The summed E-state index contributed by atoms with van der Waals surface area (Å²) in [5, 5.41) is 3.89. The molecule has 0 saturated carbocycles. The number of hydrogen-bond donors (Lipinski definition) is 1. The van der Waals surface area contributed by atoms with Crippen LogP contribution in [0.25, 0.3) is 0 Å². The molecule has 2 N–H and O–H groups in total. The lowest BCUT2D eigenvalue weighted by molar-refractivity contribution is 0.149. The van der Waals surface area contributed by atoms with Crippen molar-refractivity contribution >= 4 is 0 Å². The van der Waals surface area contributed by atoms with Gasteiger partial charge >= 0.3 is 0 Å². The Kier molecular flexibility index (Phi) is 6.03. The van der Waals surface area contributed by atoms with E-state index in [2.05, 4.69) is 10.1 Å². The Morgan fingerprint density at radius 2 is 2.25 bits per heavy atom. The van der Waals surface area contributed by atoms with Crippen molar-refractivity contribution in [3.05, 3.63) is 11.7 Å². The van der Waals surface area contributed by atoms with Crippen LogP contribution in [0.1, 0.15) is 38.4 Å². The highest BCUT2D eigenvalue weighted by Gasteiger charge is 2.06. The Balaban J connectivity index is 2.22. The fourth-order valence-electron chi connectivity index (χ4n) is 1.38. The first kappa shape index (κ1) is 13.1. The molecular formula is C11H21N3O2. The Hall–Kier alpha value is -0.940. The highest BCUT2D eigenvalue weighted by molar-refractivity contribution is 4.86. The van der Waals surface area contributed by atoms with Crippen LogP contribution in [0.15, 0.2) is 4.52 Å². The van der Waals surface area contributed by atoms with Gasteiger partial charge in [0.15, 0.2) is 5.82 Å². The van der Waals surface area contributed by atoms with Crippen LogP contribution >= 0.6 is 0 Å². The van der Waals surface area contributed by atoms with Gasteiger partial charge in [-0.3, -0.25) is 0 Å². The van der Waals surface area contributed by atoms with E-state index in [4.69, 9.17) is 15.0 Å². The molecule has 1 rings (SSSR count). The Morgan fingerprint density at radius 3 is 2.94 bits per heavy atom.